The predicted octanol–water partition coefficient (Wildman–Crippen LogP) is 2.09. The van der Waals surface area contributed by atoms with Gasteiger partial charge in [0.15, 0.2) is 0 Å². The summed E-state index contributed by atoms with van der Waals surface area (Å²) < 4.78 is 0. The summed E-state index contributed by atoms with van der Waals surface area (Å²) in [6, 6.07) is 1.35. The van der Waals surface area contributed by atoms with Gasteiger partial charge in [0.05, 0.1) is 11.1 Å². The van der Waals surface area contributed by atoms with Crippen molar-refractivity contribution in [2.45, 2.75) is 32.1 Å². The third-order valence-electron chi connectivity index (χ3n) is 3.52. The molecule has 1 heterocycles. The average molecular weight is 262 g/mol. The average Bonchev–Trinajstić information content (AvgIpc) is 2.46. The third-order valence-corrected chi connectivity index (χ3v) is 3.52. The highest BCUT2D eigenvalue weighted by molar-refractivity contribution is 5.96. The van der Waals surface area contributed by atoms with Gasteiger partial charge in [0.25, 0.3) is 5.91 Å². The van der Waals surface area contributed by atoms with Crippen molar-refractivity contribution in [3.63, 3.8) is 0 Å². The topological polar surface area (TPSA) is 79.3 Å². The fourth-order valence-electron chi connectivity index (χ4n) is 2.41. The van der Waals surface area contributed by atoms with Crippen molar-refractivity contribution in [3.05, 3.63) is 29.6 Å². The third kappa shape index (κ3) is 3.77. The van der Waals surface area contributed by atoms with Crippen LogP contribution in [-0.2, 0) is 0 Å². The number of carbonyl (C=O) groups is 2. The first-order valence-corrected chi connectivity index (χ1v) is 6.63. The van der Waals surface area contributed by atoms with Crippen LogP contribution in [-0.4, -0.2) is 28.5 Å². The molecule has 0 aromatic carbocycles. The van der Waals surface area contributed by atoms with Gasteiger partial charge >= 0.3 is 5.97 Å². The predicted molar refractivity (Wildman–Crippen MR) is 70.1 cm³/mol. The number of pyridine rings is 1. The Hall–Kier alpha value is -1.91. The normalized spacial score (nSPS) is 16.0. The summed E-state index contributed by atoms with van der Waals surface area (Å²) in [7, 11) is 0. The maximum atomic E-state index is 11.9. The number of hydrogen-bond donors (Lipinski definition) is 2. The first-order valence-electron chi connectivity index (χ1n) is 6.63. The molecule has 0 spiro atoms. The Bertz CT molecular complexity index is 468. The summed E-state index contributed by atoms with van der Waals surface area (Å²) in [6.07, 6.45) is 8.70. The highest BCUT2D eigenvalue weighted by Crippen LogP contribution is 2.22. The molecule has 2 rings (SSSR count). The van der Waals surface area contributed by atoms with Crippen LogP contribution >= 0.6 is 0 Å². The van der Waals surface area contributed by atoms with Crippen LogP contribution in [0.2, 0.25) is 0 Å². The van der Waals surface area contributed by atoms with Gasteiger partial charge in [-0.05, 0) is 24.8 Å². The van der Waals surface area contributed by atoms with Gasteiger partial charge in [-0.1, -0.05) is 19.3 Å². The zero-order valence-corrected chi connectivity index (χ0v) is 10.8. The van der Waals surface area contributed by atoms with Crippen LogP contribution in [0, 0.1) is 5.92 Å². The van der Waals surface area contributed by atoms with Crippen molar-refractivity contribution in [3.8, 4) is 0 Å². The van der Waals surface area contributed by atoms with E-state index >= 15 is 0 Å². The Labute approximate surface area is 112 Å². The maximum absolute atomic E-state index is 11.9. The molecule has 0 aliphatic heterocycles. The second kappa shape index (κ2) is 6.31. The molecule has 1 aromatic heterocycles. The molecule has 1 fully saturated rings. The molecular weight excluding hydrogens is 244 g/mol. The number of carboxylic acid groups (broad SMARTS) is 1. The number of rotatable bonds is 4. The highest BCUT2D eigenvalue weighted by atomic mass is 16.4. The molecule has 0 saturated heterocycles. The molecule has 1 saturated carbocycles. The Morgan fingerprint density at radius 1 is 1.21 bits per heavy atom. The van der Waals surface area contributed by atoms with Gasteiger partial charge in [-0.3, -0.25) is 9.78 Å². The van der Waals surface area contributed by atoms with E-state index in [4.69, 9.17) is 5.11 Å². The number of aromatic carboxylic acids is 1. The molecule has 5 heteroatoms. The number of carboxylic acids is 1. The summed E-state index contributed by atoms with van der Waals surface area (Å²) in [5.41, 5.74) is 0.334. The molecule has 2 N–H and O–H groups in total. The van der Waals surface area contributed by atoms with Crippen LogP contribution in [0.5, 0.6) is 0 Å². The summed E-state index contributed by atoms with van der Waals surface area (Å²) in [5.74, 6) is -0.774. The lowest BCUT2D eigenvalue weighted by atomic mass is 9.89. The van der Waals surface area contributed by atoms with E-state index in [1.54, 1.807) is 0 Å². The Morgan fingerprint density at radius 3 is 2.58 bits per heavy atom. The van der Waals surface area contributed by atoms with Crippen LogP contribution in [0.3, 0.4) is 0 Å². The molecular formula is C14H18N2O3. The molecule has 1 aromatic rings. The van der Waals surface area contributed by atoms with Crippen molar-refractivity contribution in [1.29, 1.82) is 0 Å². The van der Waals surface area contributed by atoms with E-state index in [-0.39, 0.29) is 11.5 Å². The largest absolute Gasteiger partial charge is 0.478 e. The van der Waals surface area contributed by atoms with E-state index in [0.717, 1.165) is 12.8 Å². The standard InChI is InChI=1S/C14H18N2O3/c17-13(16-7-10-4-2-1-3-5-10)11-6-12(14(18)19)9-15-8-11/h6,8-10H,1-5,7H2,(H,16,17)(H,18,19). The molecule has 0 radical (unpaired) electrons. The van der Waals surface area contributed by atoms with Crippen LogP contribution in [0.25, 0.3) is 0 Å². The molecule has 1 aliphatic carbocycles. The van der Waals surface area contributed by atoms with Gasteiger partial charge < -0.3 is 10.4 Å². The summed E-state index contributed by atoms with van der Waals surface area (Å²) in [5, 5.41) is 11.7. The SMILES string of the molecule is O=C(O)c1cncc(C(=O)NCC2CCCCC2)c1. The quantitative estimate of drug-likeness (QED) is 0.870. The highest BCUT2D eigenvalue weighted by Gasteiger charge is 2.15. The lowest BCUT2D eigenvalue weighted by Crippen LogP contribution is -2.30. The molecule has 1 aliphatic rings. The number of amides is 1. The van der Waals surface area contributed by atoms with E-state index in [1.165, 1.54) is 37.7 Å². The van der Waals surface area contributed by atoms with Crippen molar-refractivity contribution in [2.75, 3.05) is 6.54 Å². The zero-order valence-electron chi connectivity index (χ0n) is 10.8. The van der Waals surface area contributed by atoms with Crippen molar-refractivity contribution >= 4 is 11.9 Å². The molecule has 1 amide bonds. The molecule has 0 bridgehead atoms. The van der Waals surface area contributed by atoms with Crippen LogP contribution in [0.15, 0.2) is 18.5 Å². The van der Waals surface area contributed by atoms with Gasteiger partial charge in [0.1, 0.15) is 0 Å². The van der Waals surface area contributed by atoms with Crippen molar-refractivity contribution in [1.82, 2.24) is 10.3 Å². The molecule has 5 nitrogen and oxygen atoms in total. The molecule has 102 valence electrons. The minimum Gasteiger partial charge on any atom is -0.478 e. The van der Waals surface area contributed by atoms with Gasteiger partial charge in [0.2, 0.25) is 0 Å². The van der Waals surface area contributed by atoms with E-state index in [2.05, 4.69) is 10.3 Å². The van der Waals surface area contributed by atoms with Gasteiger partial charge in [0, 0.05) is 18.9 Å². The lowest BCUT2D eigenvalue weighted by molar-refractivity contribution is 0.0696. The van der Waals surface area contributed by atoms with Crippen LogP contribution < -0.4 is 5.32 Å². The fraction of sp³-hybridized carbons (Fsp3) is 0.500. The smallest absolute Gasteiger partial charge is 0.337 e. The van der Waals surface area contributed by atoms with Crippen molar-refractivity contribution < 1.29 is 14.7 Å². The summed E-state index contributed by atoms with van der Waals surface area (Å²) in [4.78, 5) is 26.5. The summed E-state index contributed by atoms with van der Waals surface area (Å²) >= 11 is 0. The van der Waals surface area contributed by atoms with Crippen LogP contribution in [0.1, 0.15) is 52.8 Å². The first-order chi connectivity index (χ1) is 9.16. The van der Waals surface area contributed by atoms with Crippen molar-refractivity contribution in [2.24, 2.45) is 5.92 Å². The summed E-state index contributed by atoms with van der Waals surface area (Å²) in [6.45, 7) is 0.663. The van der Waals surface area contributed by atoms with Gasteiger partial charge in [-0.25, -0.2) is 4.79 Å². The number of nitrogens with one attached hydrogen (secondary N) is 1. The van der Waals surface area contributed by atoms with E-state index in [1.807, 2.05) is 0 Å². The minimum absolute atomic E-state index is 0.0327. The Balaban J connectivity index is 1.92. The fourth-order valence-corrected chi connectivity index (χ4v) is 2.41. The van der Waals surface area contributed by atoms with E-state index in [9.17, 15) is 9.59 Å². The Morgan fingerprint density at radius 2 is 1.89 bits per heavy atom. The number of nitrogens with zero attached hydrogens (tertiary/aromatic N) is 1. The molecule has 0 unspecified atom stereocenters. The van der Waals surface area contributed by atoms with Gasteiger partial charge in [-0.2, -0.15) is 0 Å². The van der Waals surface area contributed by atoms with Crippen LogP contribution in [0.4, 0.5) is 0 Å². The monoisotopic (exact) mass is 262 g/mol. The first kappa shape index (κ1) is 13.5. The second-order valence-corrected chi connectivity index (χ2v) is 4.98. The Kier molecular flexibility index (Phi) is 4.49. The van der Waals surface area contributed by atoms with Gasteiger partial charge in [-0.15, -0.1) is 0 Å². The zero-order chi connectivity index (χ0) is 13.7. The second-order valence-electron chi connectivity index (χ2n) is 4.98. The number of carbonyl (C=O) groups excluding carboxylic acids is 1. The lowest BCUT2D eigenvalue weighted by Gasteiger charge is -2.21. The molecule has 19 heavy (non-hydrogen) atoms. The number of aromatic nitrogens is 1. The van der Waals surface area contributed by atoms with E-state index < -0.39 is 5.97 Å². The number of hydrogen-bond acceptors (Lipinski definition) is 3. The maximum Gasteiger partial charge on any atom is 0.337 e. The minimum atomic E-state index is -1.07. The molecule has 0 atom stereocenters. The van der Waals surface area contributed by atoms with E-state index in [0.29, 0.717) is 18.0 Å².